The largest absolute Gasteiger partial charge is 0.376 e. The fourth-order valence-electron chi connectivity index (χ4n) is 4.70. The third kappa shape index (κ3) is 5.52. The summed E-state index contributed by atoms with van der Waals surface area (Å²) in [6.07, 6.45) is 5.13. The molecular weight excluding hydrogens is 464 g/mol. The van der Waals surface area contributed by atoms with E-state index in [1.54, 1.807) is 17.3 Å². The number of aryl methyl sites for hydroxylation is 1. The molecule has 1 unspecified atom stereocenters. The lowest BCUT2D eigenvalue weighted by Gasteiger charge is -2.26. The van der Waals surface area contributed by atoms with Crippen LogP contribution in [0.1, 0.15) is 34.3 Å². The molecule has 1 saturated heterocycles. The van der Waals surface area contributed by atoms with Crippen LogP contribution in [0.4, 0.5) is 5.69 Å². The first-order valence-electron chi connectivity index (χ1n) is 12.6. The average molecular weight is 495 g/mol. The Bertz CT molecular complexity index is 1430. The minimum absolute atomic E-state index is 0.0761. The highest BCUT2D eigenvalue weighted by Gasteiger charge is 2.27. The van der Waals surface area contributed by atoms with E-state index >= 15 is 0 Å². The van der Waals surface area contributed by atoms with Gasteiger partial charge in [0.05, 0.1) is 22.9 Å². The molecule has 1 N–H and O–H groups in total. The minimum atomic E-state index is -0.243. The van der Waals surface area contributed by atoms with Crippen molar-refractivity contribution in [2.45, 2.75) is 32.8 Å². The highest BCUT2D eigenvalue weighted by Crippen LogP contribution is 2.26. The number of pyridine rings is 2. The molecule has 2 amide bonds. The van der Waals surface area contributed by atoms with E-state index in [4.69, 9.17) is 9.72 Å². The fraction of sp³-hybridized carbons (Fsp3) is 0.267. The lowest BCUT2D eigenvalue weighted by molar-refractivity contribution is -0.117. The Labute approximate surface area is 216 Å². The lowest BCUT2D eigenvalue weighted by atomic mass is 10.0. The molecule has 4 aromatic rings. The Hall–Kier alpha value is -4.10. The van der Waals surface area contributed by atoms with E-state index in [0.29, 0.717) is 24.4 Å². The molecule has 0 radical (unpaired) electrons. The van der Waals surface area contributed by atoms with Crippen LogP contribution in [0.5, 0.6) is 0 Å². The van der Waals surface area contributed by atoms with Crippen LogP contribution < -0.4 is 5.32 Å². The van der Waals surface area contributed by atoms with Gasteiger partial charge in [-0.3, -0.25) is 14.6 Å². The standard InChI is InChI=1S/C30H30N4O3/c1-20-7-5-11-26(21(20)2)33-29(35)19-34(18-23-8-6-16-37-23)30(36)25-17-28(22-12-14-31-15-13-22)32-27-10-4-3-9-24(25)27/h3-5,7,9-15,17,23H,6,8,16,18-19H2,1-2H3,(H,33,35). The van der Waals surface area contributed by atoms with Gasteiger partial charge >= 0.3 is 0 Å². The zero-order chi connectivity index (χ0) is 25.8. The van der Waals surface area contributed by atoms with Gasteiger partial charge in [-0.1, -0.05) is 30.3 Å². The molecule has 1 aliphatic heterocycles. The number of ether oxygens (including phenoxy) is 1. The Balaban J connectivity index is 1.49. The smallest absolute Gasteiger partial charge is 0.255 e. The molecule has 5 rings (SSSR count). The van der Waals surface area contributed by atoms with Crippen LogP contribution in [-0.2, 0) is 9.53 Å². The van der Waals surface area contributed by atoms with Gasteiger partial charge in [0, 0.05) is 42.2 Å². The zero-order valence-electron chi connectivity index (χ0n) is 21.1. The second kappa shape index (κ2) is 10.9. The van der Waals surface area contributed by atoms with Crippen LogP contribution in [0.25, 0.3) is 22.2 Å². The molecule has 1 fully saturated rings. The molecule has 188 valence electrons. The van der Waals surface area contributed by atoms with Gasteiger partial charge in [-0.15, -0.1) is 0 Å². The molecule has 7 heteroatoms. The van der Waals surface area contributed by atoms with E-state index in [2.05, 4.69) is 10.3 Å². The third-order valence-electron chi connectivity index (χ3n) is 6.87. The van der Waals surface area contributed by atoms with Crippen LogP contribution in [0.15, 0.2) is 73.1 Å². The molecule has 3 heterocycles. The molecule has 1 aliphatic rings. The minimum Gasteiger partial charge on any atom is -0.376 e. The quantitative estimate of drug-likeness (QED) is 0.383. The highest BCUT2D eigenvalue weighted by molar-refractivity contribution is 6.08. The summed E-state index contributed by atoms with van der Waals surface area (Å²) in [5.41, 5.74) is 5.64. The second-order valence-electron chi connectivity index (χ2n) is 9.42. The van der Waals surface area contributed by atoms with Crippen molar-refractivity contribution >= 4 is 28.4 Å². The average Bonchev–Trinajstić information content (AvgIpc) is 3.43. The Morgan fingerprint density at radius 2 is 1.86 bits per heavy atom. The van der Waals surface area contributed by atoms with Crippen LogP contribution in [0, 0.1) is 13.8 Å². The van der Waals surface area contributed by atoms with Crippen LogP contribution in [0.3, 0.4) is 0 Å². The summed E-state index contributed by atoms with van der Waals surface area (Å²) >= 11 is 0. The van der Waals surface area contributed by atoms with Crippen molar-refractivity contribution in [3.8, 4) is 11.3 Å². The fourth-order valence-corrected chi connectivity index (χ4v) is 4.70. The summed E-state index contributed by atoms with van der Waals surface area (Å²) in [5, 5.41) is 3.74. The zero-order valence-corrected chi connectivity index (χ0v) is 21.1. The topological polar surface area (TPSA) is 84.4 Å². The van der Waals surface area contributed by atoms with Crippen molar-refractivity contribution in [2.24, 2.45) is 0 Å². The number of rotatable bonds is 7. The van der Waals surface area contributed by atoms with Crippen molar-refractivity contribution < 1.29 is 14.3 Å². The van der Waals surface area contributed by atoms with Crippen LogP contribution in [-0.4, -0.2) is 52.5 Å². The Morgan fingerprint density at radius 3 is 2.65 bits per heavy atom. The predicted molar refractivity (Wildman–Crippen MR) is 144 cm³/mol. The Kier molecular flexibility index (Phi) is 7.23. The lowest BCUT2D eigenvalue weighted by Crippen LogP contribution is -2.42. The summed E-state index contributed by atoms with van der Waals surface area (Å²) < 4.78 is 5.84. The van der Waals surface area contributed by atoms with E-state index < -0.39 is 0 Å². The number of hydrogen-bond donors (Lipinski definition) is 1. The van der Waals surface area contributed by atoms with Gasteiger partial charge in [0.25, 0.3) is 5.91 Å². The molecule has 0 spiro atoms. The normalized spacial score (nSPS) is 15.0. The highest BCUT2D eigenvalue weighted by atomic mass is 16.5. The van der Waals surface area contributed by atoms with Crippen molar-refractivity contribution in [1.29, 1.82) is 0 Å². The van der Waals surface area contributed by atoms with E-state index in [9.17, 15) is 9.59 Å². The number of nitrogens with zero attached hydrogens (tertiary/aromatic N) is 3. The number of aromatic nitrogens is 2. The van der Waals surface area contributed by atoms with Crippen LogP contribution in [0.2, 0.25) is 0 Å². The molecule has 0 bridgehead atoms. The van der Waals surface area contributed by atoms with Crippen molar-refractivity contribution in [2.75, 3.05) is 25.0 Å². The number of benzene rings is 2. The van der Waals surface area contributed by atoms with Gasteiger partial charge in [-0.2, -0.15) is 0 Å². The van der Waals surface area contributed by atoms with Gasteiger partial charge in [-0.05, 0) is 68.1 Å². The molecule has 2 aromatic heterocycles. The van der Waals surface area contributed by atoms with Crippen LogP contribution >= 0.6 is 0 Å². The number of para-hydroxylation sites is 1. The van der Waals surface area contributed by atoms with Gasteiger partial charge in [-0.25, -0.2) is 4.98 Å². The van der Waals surface area contributed by atoms with Gasteiger partial charge in [0.2, 0.25) is 5.91 Å². The van der Waals surface area contributed by atoms with E-state index in [0.717, 1.165) is 46.1 Å². The summed E-state index contributed by atoms with van der Waals surface area (Å²) in [7, 11) is 0. The number of carbonyl (C=O) groups excluding carboxylic acids is 2. The summed E-state index contributed by atoms with van der Waals surface area (Å²) in [6, 6.07) is 18.9. The number of carbonyl (C=O) groups is 2. The van der Waals surface area contributed by atoms with E-state index in [-0.39, 0.29) is 24.5 Å². The number of anilines is 1. The third-order valence-corrected chi connectivity index (χ3v) is 6.87. The van der Waals surface area contributed by atoms with Crippen molar-refractivity contribution in [1.82, 2.24) is 14.9 Å². The van der Waals surface area contributed by atoms with Gasteiger partial charge in [0.1, 0.15) is 6.54 Å². The first-order chi connectivity index (χ1) is 18.0. The summed E-state index contributed by atoms with van der Waals surface area (Å²) in [4.78, 5) is 37.8. The monoisotopic (exact) mass is 494 g/mol. The van der Waals surface area contributed by atoms with Gasteiger partial charge in [0.15, 0.2) is 0 Å². The van der Waals surface area contributed by atoms with Crippen molar-refractivity contribution in [3.63, 3.8) is 0 Å². The maximum absolute atomic E-state index is 14.1. The number of nitrogens with one attached hydrogen (secondary N) is 1. The molecule has 0 saturated carbocycles. The molecule has 37 heavy (non-hydrogen) atoms. The first-order valence-corrected chi connectivity index (χ1v) is 12.6. The SMILES string of the molecule is Cc1cccc(NC(=O)CN(CC2CCCO2)C(=O)c2cc(-c3ccncc3)nc3ccccc23)c1C. The molecule has 7 nitrogen and oxygen atoms in total. The predicted octanol–water partition coefficient (Wildman–Crippen LogP) is 5.17. The first kappa shape index (κ1) is 24.6. The second-order valence-corrected chi connectivity index (χ2v) is 9.42. The maximum atomic E-state index is 14.1. The molecule has 0 aliphatic carbocycles. The Morgan fingerprint density at radius 1 is 1.05 bits per heavy atom. The van der Waals surface area contributed by atoms with Gasteiger partial charge < -0.3 is 15.0 Å². The molecule has 1 atom stereocenters. The maximum Gasteiger partial charge on any atom is 0.255 e. The van der Waals surface area contributed by atoms with E-state index in [1.165, 1.54) is 0 Å². The summed E-state index contributed by atoms with van der Waals surface area (Å²) in [5.74, 6) is -0.465. The molecular formula is C30H30N4O3. The summed E-state index contributed by atoms with van der Waals surface area (Å²) in [6.45, 7) is 4.93. The molecule has 2 aromatic carbocycles. The number of fused-ring (bicyclic) bond motifs is 1. The number of hydrogen-bond acceptors (Lipinski definition) is 5. The van der Waals surface area contributed by atoms with E-state index in [1.807, 2.05) is 74.5 Å². The van der Waals surface area contributed by atoms with Crippen molar-refractivity contribution in [3.05, 3.63) is 89.7 Å². The number of amides is 2.